The van der Waals surface area contributed by atoms with E-state index in [1.165, 1.54) is 35.1 Å². The molecule has 0 radical (unpaired) electrons. The van der Waals surface area contributed by atoms with Gasteiger partial charge in [0.2, 0.25) is 76.8 Å². The molecule has 42 nitrogen and oxygen atoms in total. The largest absolute Gasteiger partial charge is 0.481 e. The minimum atomic E-state index is -1.96. The maximum absolute atomic E-state index is 15.7. The summed E-state index contributed by atoms with van der Waals surface area (Å²) in [6.45, 7) is 6.57. The van der Waals surface area contributed by atoms with E-state index in [0.717, 1.165) is 4.90 Å². The molecule has 1 fully saturated rings. The average Bonchev–Trinajstić information content (AvgIpc) is 1.64. The Morgan fingerprint density at radius 1 is 0.612 bits per heavy atom. The first-order valence-corrected chi connectivity index (χ1v) is 40.4. The number of nitrogens with one attached hydrogen (secondary N) is 13. The number of aliphatic hydroxyl groups excluding tert-OH is 1. The first-order chi connectivity index (χ1) is 55.1. The fourth-order valence-electron chi connectivity index (χ4n) is 12.6. The van der Waals surface area contributed by atoms with Crippen molar-refractivity contribution in [1.29, 1.82) is 5.41 Å². The number of aliphatic carboxylic acids is 2. The van der Waals surface area contributed by atoms with E-state index >= 15 is 14.4 Å². The van der Waals surface area contributed by atoms with Crippen LogP contribution in [0.1, 0.15) is 123 Å². The SMILES string of the molecule is CC[C@H](C)[C@H](NC(=O)[C@@H](N)CCCNC(=N)N)C(=O)N[C@@H](CC(N)=O)C(=O)N[C@@H](CC(N)=O)C(=O)N[C@H](C(=O)N1C[C@@H](n2cc(Cn3nnc4ccccc43)nn2)C[C@H]1C(=O)N[C@@H](Cc1c[nH]c2ccccc12)C(=O)N[C@@H](CO)C(=O)N[C@@H](CCC(=O)O)C(=O)N[C@@H](C)C(=O)N[C@@H](CCSC)C(=O)N[C@@H](CCSC)C(=O)O)[C@@H](C)CC. The molecule has 1 saturated heterocycles. The molecular formula is C72H106N24O18S2. The van der Waals surface area contributed by atoms with E-state index in [-0.39, 0.29) is 64.1 Å². The predicted molar refractivity (Wildman–Crippen MR) is 424 cm³/mol. The van der Waals surface area contributed by atoms with E-state index in [0.29, 0.717) is 57.5 Å². The summed E-state index contributed by atoms with van der Waals surface area (Å²) in [6.07, 6.45) is 3.82. The van der Waals surface area contributed by atoms with Crippen molar-refractivity contribution >= 4 is 140 Å². The van der Waals surface area contributed by atoms with Gasteiger partial charge in [-0.15, -0.1) is 10.2 Å². The number of benzene rings is 2. The average molecular weight is 1660 g/mol. The molecule has 1 aliphatic heterocycles. The number of carboxylic acid groups (broad SMARTS) is 2. The summed E-state index contributed by atoms with van der Waals surface area (Å²) in [7, 11) is 0. The van der Waals surface area contributed by atoms with Crippen molar-refractivity contribution in [2.75, 3.05) is 43.7 Å². The van der Waals surface area contributed by atoms with E-state index in [1.54, 1.807) is 106 Å². The molecular weight excluding hydrogens is 1550 g/mol. The quantitative estimate of drug-likeness (QED) is 0.00995. The van der Waals surface area contributed by atoms with Crippen molar-refractivity contribution in [2.45, 2.75) is 197 Å². The maximum atomic E-state index is 15.7. The van der Waals surface area contributed by atoms with Gasteiger partial charge in [-0.25, -0.2) is 14.2 Å². The summed E-state index contributed by atoms with van der Waals surface area (Å²) in [5.41, 5.74) is 25.4. The summed E-state index contributed by atoms with van der Waals surface area (Å²) < 4.78 is 2.98. The van der Waals surface area contributed by atoms with Crippen molar-refractivity contribution < 1.29 is 87.2 Å². The lowest BCUT2D eigenvalue weighted by Gasteiger charge is -2.33. The zero-order valence-electron chi connectivity index (χ0n) is 65.4. The molecule has 44 heteroatoms. The molecule has 5 aromatic rings. The number of likely N-dealkylation sites (tertiary alicyclic amines) is 1. The second-order valence-electron chi connectivity index (χ2n) is 28.2. The highest BCUT2D eigenvalue weighted by Crippen LogP contribution is 2.31. The molecule has 6 rings (SSSR count). The Morgan fingerprint density at radius 3 is 1.78 bits per heavy atom. The number of aliphatic hydroxyl groups is 1. The van der Waals surface area contributed by atoms with Crippen LogP contribution in [0.25, 0.3) is 21.9 Å². The number of primary amides is 2. The molecule has 0 saturated carbocycles. The fraction of sp³-hybridized carbons (Fsp3) is 0.556. The Balaban J connectivity index is 1.30. The summed E-state index contributed by atoms with van der Waals surface area (Å²) in [5, 5.41) is 82.9. The monoisotopic (exact) mass is 1660 g/mol. The number of fused-ring (bicyclic) bond motifs is 2. The predicted octanol–water partition coefficient (Wildman–Crippen LogP) is -4.31. The summed E-state index contributed by atoms with van der Waals surface area (Å²) in [4.78, 5) is 212. The smallest absolute Gasteiger partial charge is 0.326 e. The number of hydrogen-bond acceptors (Lipinski definition) is 24. The Kier molecular flexibility index (Phi) is 36.6. The number of hydrogen-bond donors (Lipinski definition) is 20. The molecule has 15 atom stereocenters. The number of nitrogens with zero attached hydrogens (tertiary/aromatic N) is 7. The van der Waals surface area contributed by atoms with Gasteiger partial charge in [-0.05, 0) is 98.6 Å². The number of rotatable bonds is 49. The van der Waals surface area contributed by atoms with E-state index in [9.17, 15) is 72.9 Å². The van der Waals surface area contributed by atoms with Gasteiger partial charge in [0.25, 0.3) is 0 Å². The van der Waals surface area contributed by atoms with Crippen LogP contribution in [0.2, 0.25) is 0 Å². The molecule has 0 unspecified atom stereocenters. The topological polar surface area (TPSA) is 657 Å². The molecule has 116 heavy (non-hydrogen) atoms. The van der Waals surface area contributed by atoms with Crippen LogP contribution in [0.5, 0.6) is 0 Å². The van der Waals surface area contributed by atoms with Crippen molar-refractivity contribution in [2.24, 2.45) is 34.8 Å². The van der Waals surface area contributed by atoms with Crippen molar-refractivity contribution in [3.05, 3.63) is 72.2 Å². The third-order valence-corrected chi connectivity index (χ3v) is 20.9. The third kappa shape index (κ3) is 27.6. The summed E-state index contributed by atoms with van der Waals surface area (Å²) in [5.74, 6) is -17.2. The van der Waals surface area contributed by atoms with Crippen LogP contribution in [0.3, 0.4) is 0 Å². The standard InChI is InChI=1S/C72H106N24O18S2/c1-8-36(3)58(88-61(103)43(73)16-14-24-78-72(76)77)69(111)86-50(29-55(74)98)65(107)84-51(30-56(75)99)66(108)89-59(37(4)9-2)70(112)94-34-41(95-32-40(90-92-95)33-96-53-19-13-12-18-45(53)91-93-96)28-54(94)68(110)85-49(27-39-31-79-44-17-11-10-15-42(39)44)64(106)87-52(35-97)67(109)82-46(20-21-57(100)101)62(104)80-38(5)60(102)81-47(22-25-115-6)63(105)83-48(71(113)114)23-26-116-7/h10-13,15,17-19,31-32,36-38,41,43,46-52,54,58-59,79,97H,8-9,14,16,20-30,33-35,73H2,1-7H3,(H2,74,98)(H2,75,99)(H,80,104)(H,81,102)(H,82,109)(H,83,105)(H,84,107)(H,85,110)(H,86,111)(H,87,106)(H,88,103)(H,89,108)(H,100,101)(H,113,114)(H4,76,77,78)/t36-,37-,38-,41-,43-,46-,47-,48-,49-,50-,51-,52-,54-,58-,59-/m0/s1. The number of H-pyrrole nitrogens is 1. The number of carbonyl (C=O) groups is 15. The summed E-state index contributed by atoms with van der Waals surface area (Å²) >= 11 is 2.69. The fourth-order valence-corrected chi connectivity index (χ4v) is 13.5. The minimum absolute atomic E-state index is 0.0441. The van der Waals surface area contributed by atoms with E-state index < -0.39 is 211 Å². The molecule has 24 N–H and O–H groups in total. The normalized spacial score (nSPS) is 16.6. The number of aromatic nitrogens is 7. The Hall–Kier alpha value is -11.5. The van der Waals surface area contributed by atoms with Crippen LogP contribution in [-0.4, -0.2) is 266 Å². The second kappa shape index (κ2) is 45.5. The Labute approximate surface area is 675 Å². The van der Waals surface area contributed by atoms with Gasteiger partial charge >= 0.3 is 11.9 Å². The van der Waals surface area contributed by atoms with Crippen LogP contribution >= 0.6 is 23.5 Å². The van der Waals surface area contributed by atoms with Gasteiger partial charge < -0.3 is 107 Å². The first kappa shape index (κ1) is 93.3. The van der Waals surface area contributed by atoms with Gasteiger partial charge in [0.1, 0.15) is 77.7 Å². The van der Waals surface area contributed by atoms with Gasteiger partial charge in [-0.3, -0.25) is 72.5 Å². The number of para-hydroxylation sites is 2. The van der Waals surface area contributed by atoms with Crippen molar-refractivity contribution in [3.8, 4) is 0 Å². The zero-order valence-corrected chi connectivity index (χ0v) is 67.0. The van der Waals surface area contributed by atoms with Gasteiger partial charge in [-0.2, -0.15) is 23.5 Å². The van der Waals surface area contributed by atoms with Crippen LogP contribution < -0.4 is 81.4 Å². The molecule has 1 aliphatic rings. The maximum Gasteiger partial charge on any atom is 0.326 e. The molecule has 0 spiro atoms. The van der Waals surface area contributed by atoms with E-state index in [1.807, 2.05) is 0 Å². The number of nitrogens with two attached hydrogens (primary N) is 4. The lowest BCUT2D eigenvalue weighted by atomic mass is 9.96. The lowest BCUT2D eigenvalue weighted by Crippen LogP contribution is -2.62. The van der Waals surface area contributed by atoms with Gasteiger partial charge in [-0.1, -0.05) is 81.3 Å². The van der Waals surface area contributed by atoms with Crippen LogP contribution in [0.4, 0.5) is 0 Å². The number of carbonyl (C=O) groups excluding carboxylic acids is 13. The van der Waals surface area contributed by atoms with Crippen LogP contribution in [0, 0.1) is 17.2 Å². The highest BCUT2D eigenvalue weighted by molar-refractivity contribution is 7.98. The Bertz CT molecular complexity index is 4310. The number of aromatic amines is 1. The number of thioether (sulfide) groups is 2. The van der Waals surface area contributed by atoms with Crippen molar-refractivity contribution in [3.63, 3.8) is 0 Å². The third-order valence-electron chi connectivity index (χ3n) is 19.6. The highest BCUT2D eigenvalue weighted by Gasteiger charge is 2.46. The molecule has 0 bridgehead atoms. The van der Waals surface area contributed by atoms with Crippen LogP contribution in [0.15, 0.2) is 60.9 Å². The van der Waals surface area contributed by atoms with E-state index in [4.69, 9.17) is 28.3 Å². The Morgan fingerprint density at radius 2 is 1.16 bits per heavy atom. The molecule has 4 heterocycles. The van der Waals surface area contributed by atoms with E-state index in [2.05, 4.69) is 84.1 Å². The van der Waals surface area contributed by atoms with Gasteiger partial charge in [0.05, 0.1) is 49.8 Å². The summed E-state index contributed by atoms with van der Waals surface area (Å²) in [6, 6.07) is -5.85. The van der Waals surface area contributed by atoms with Gasteiger partial charge in [0.15, 0.2) is 5.96 Å². The molecule has 2 aromatic carbocycles. The van der Waals surface area contributed by atoms with Crippen LogP contribution in [-0.2, 0) is 84.9 Å². The first-order valence-electron chi connectivity index (χ1n) is 37.6. The minimum Gasteiger partial charge on any atom is -0.481 e. The molecule has 634 valence electrons. The zero-order chi connectivity index (χ0) is 85.6. The number of guanidine groups is 1. The molecule has 0 aliphatic carbocycles. The molecule has 13 amide bonds. The van der Waals surface area contributed by atoms with Gasteiger partial charge in [0, 0.05) is 49.5 Å². The number of amides is 13. The highest BCUT2D eigenvalue weighted by atomic mass is 32.2. The lowest BCUT2D eigenvalue weighted by molar-refractivity contribution is -0.144. The number of carboxylic acids is 2. The van der Waals surface area contributed by atoms with Crippen molar-refractivity contribution in [1.82, 2.24) is 98.4 Å². The molecule has 3 aromatic heterocycles. The second-order valence-corrected chi connectivity index (χ2v) is 30.2.